The maximum atomic E-state index is 11.1. The summed E-state index contributed by atoms with van der Waals surface area (Å²) in [7, 11) is 0. The maximum Gasteiger partial charge on any atom is 0.322 e. The first-order chi connectivity index (χ1) is 8.58. The summed E-state index contributed by atoms with van der Waals surface area (Å²) < 4.78 is 0. The summed E-state index contributed by atoms with van der Waals surface area (Å²) >= 11 is 11.6. The van der Waals surface area contributed by atoms with Gasteiger partial charge < -0.3 is 10.4 Å². The molecule has 1 saturated heterocycles. The van der Waals surface area contributed by atoms with Crippen LogP contribution in [0, 0.1) is 0 Å². The highest BCUT2D eigenvalue weighted by molar-refractivity contribution is 6.32. The van der Waals surface area contributed by atoms with E-state index in [0.29, 0.717) is 25.2 Å². The first-order valence-electron chi connectivity index (χ1n) is 5.42. The number of hydrogen-bond donors (Lipinski definition) is 2. The zero-order valence-corrected chi connectivity index (χ0v) is 10.9. The molecule has 0 radical (unpaired) electrons. The van der Waals surface area contributed by atoms with Gasteiger partial charge in [0.15, 0.2) is 0 Å². The third-order valence-electron chi connectivity index (χ3n) is 2.80. The zero-order valence-electron chi connectivity index (χ0n) is 9.44. The number of nitrogens with one attached hydrogen (secondary N) is 1. The molecule has 2 heterocycles. The molecule has 0 aliphatic carbocycles. The van der Waals surface area contributed by atoms with Gasteiger partial charge in [-0.15, -0.1) is 0 Å². The van der Waals surface area contributed by atoms with Crippen LogP contribution in [0.15, 0.2) is 6.20 Å². The molecule has 8 heteroatoms. The van der Waals surface area contributed by atoms with Crippen molar-refractivity contribution >= 4 is 29.2 Å². The van der Waals surface area contributed by atoms with E-state index >= 15 is 0 Å². The minimum Gasteiger partial charge on any atom is -0.480 e. The normalized spacial score (nSPS) is 20.9. The number of aliphatic carboxylic acids is 1. The van der Waals surface area contributed by atoms with Crippen LogP contribution in [0.4, 0.5) is 0 Å². The third kappa shape index (κ3) is 3.08. The molecule has 1 aliphatic heterocycles. The molecule has 0 aromatic carbocycles. The van der Waals surface area contributed by atoms with Crippen LogP contribution in [0.1, 0.15) is 5.56 Å². The lowest BCUT2D eigenvalue weighted by Gasteiger charge is -2.33. The second kappa shape index (κ2) is 5.79. The predicted molar refractivity (Wildman–Crippen MR) is 66.8 cm³/mol. The van der Waals surface area contributed by atoms with Gasteiger partial charge in [0.25, 0.3) is 0 Å². The quantitative estimate of drug-likeness (QED) is 0.628. The van der Waals surface area contributed by atoms with Crippen molar-refractivity contribution in [1.29, 1.82) is 0 Å². The highest BCUT2D eigenvalue weighted by atomic mass is 35.5. The number of carbonyl (C=O) groups is 1. The Morgan fingerprint density at radius 1 is 1.61 bits per heavy atom. The van der Waals surface area contributed by atoms with Gasteiger partial charge in [-0.1, -0.05) is 11.6 Å². The van der Waals surface area contributed by atoms with Crippen LogP contribution in [0.5, 0.6) is 0 Å². The van der Waals surface area contributed by atoms with Crippen LogP contribution in [-0.2, 0) is 11.3 Å². The van der Waals surface area contributed by atoms with Gasteiger partial charge in [-0.05, 0) is 11.6 Å². The first-order valence-corrected chi connectivity index (χ1v) is 6.18. The van der Waals surface area contributed by atoms with Gasteiger partial charge in [-0.3, -0.25) is 9.69 Å². The molecule has 0 saturated carbocycles. The molecule has 1 fully saturated rings. The van der Waals surface area contributed by atoms with Crippen molar-refractivity contribution in [1.82, 2.24) is 20.2 Å². The number of aromatic nitrogens is 2. The van der Waals surface area contributed by atoms with Crippen LogP contribution in [0.2, 0.25) is 10.4 Å². The second-order valence-corrected chi connectivity index (χ2v) is 4.68. The number of nitrogens with zero attached hydrogens (tertiary/aromatic N) is 3. The summed E-state index contributed by atoms with van der Waals surface area (Å²) in [5, 5.41) is 12.5. The highest BCUT2D eigenvalue weighted by Crippen LogP contribution is 2.18. The molecule has 0 amide bonds. The van der Waals surface area contributed by atoms with Gasteiger partial charge in [-0.2, -0.15) is 0 Å². The van der Waals surface area contributed by atoms with Gasteiger partial charge in [0, 0.05) is 37.9 Å². The zero-order chi connectivity index (χ0) is 13.1. The Morgan fingerprint density at radius 3 is 3.06 bits per heavy atom. The monoisotopic (exact) mass is 290 g/mol. The Balaban J connectivity index is 2.13. The van der Waals surface area contributed by atoms with E-state index in [1.54, 1.807) is 0 Å². The summed E-state index contributed by atoms with van der Waals surface area (Å²) in [4.78, 5) is 20.7. The largest absolute Gasteiger partial charge is 0.480 e. The summed E-state index contributed by atoms with van der Waals surface area (Å²) in [6.07, 6.45) is 1.53. The summed E-state index contributed by atoms with van der Waals surface area (Å²) in [5.74, 6) is -0.854. The summed E-state index contributed by atoms with van der Waals surface area (Å²) in [6, 6.07) is -0.564. The van der Waals surface area contributed by atoms with E-state index in [2.05, 4.69) is 15.3 Å². The van der Waals surface area contributed by atoms with Crippen molar-refractivity contribution in [3.05, 3.63) is 22.2 Å². The van der Waals surface area contributed by atoms with E-state index in [1.807, 2.05) is 4.90 Å². The Bertz CT molecular complexity index is 458. The fraction of sp³-hybridized carbons (Fsp3) is 0.500. The molecule has 2 N–H and O–H groups in total. The number of rotatable bonds is 3. The number of hydrogen-bond acceptors (Lipinski definition) is 5. The van der Waals surface area contributed by atoms with E-state index in [0.717, 1.165) is 6.54 Å². The van der Waals surface area contributed by atoms with Gasteiger partial charge in [-0.25, -0.2) is 9.97 Å². The van der Waals surface area contributed by atoms with Crippen LogP contribution < -0.4 is 5.32 Å². The van der Waals surface area contributed by atoms with Crippen LogP contribution in [0.3, 0.4) is 0 Å². The molecule has 1 atom stereocenters. The van der Waals surface area contributed by atoms with Crippen molar-refractivity contribution in [2.75, 3.05) is 19.6 Å². The molecule has 6 nitrogen and oxygen atoms in total. The van der Waals surface area contributed by atoms with Crippen molar-refractivity contribution in [2.24, 2.45) is 0 Å². The number of piperazine rings is 1. The number of halogens is 2. The van der Waals surface area contributed by atoms with Crippen LogP contribution in [-0.4, -0.2) is 51.6 Å². The summed E-state index contributed by atoms with van der Waals surface area (Å²) in [5.41, 5.74) is 0.675. The Kier molecular flexibility index (Phi) is 4.34. The minimum atomic E-state index is -0.854. The van der Waals surface area contributed by atoms with Gasteiger partial charge in [0.1, 0.15) is 11.2 Å². The molecule has 98 valence electrons. The average molecular weight is 291 g/mol. The van der Waals surface area contributed by atoms with Crippen LogP contribution in [0.25, 0.3) is 0 Å². The Morgan fingerprint density at radius 2 is 2.39 bits per heavy atom. The van der Waals surface area contributed by atoms with Gasteiger partial charge >= 0.3 is 5.97 Å². The van der Waals surface area contributed by atoms with E-state index in [1.165, 1.54) is 6.20 Å². The molecule has 0 spiro atoms. The SMILES string of the molecule is O=C(O)[C@@H]1CNCCN1Cc1cnc(Cl)nc1Cl. The smallest absolute Gasteiger partial charge is 0.322 e. The van der Waals surface area contributed by atoms with E-state index in [-0.39, 0.29) is 10.4 Å². The Labute approximate surface area is 114 Å². The van der Waals surface area contributed by atoms with Gasteiger partial charge in [0.2, 0.25) is 5.28 Å². The standard InChI is InChI=1S/C10H12Cl2N4O2/c11-8-6(3-14-10(12)15-8)5-16-2-1-13-4-7(16)9(17)18/h3,7,13H,1-2,4-5H2,(H,17,18)/t7-/m0/s1. The van der Waals surface area contributed by atoms with E-state index in [9.17, 15) is 4.79 Å². The topological polar surface area (TPSA) is 78.4 Å². The fourth-order valence-corrected chi connectivity index (χ4v) is 2.24. The molecule has 0 unspecified atom stereocenters. The maximum absolute atomic E-state index is 11.1. The van der Waals surface area contributed by atoms with Crippen molar-refractivity contribution in [3.63, 3.8) is 0 Å². The third-order valence-corrected chi connectivity index (χ3v) is 3.30. The second-order valence-electron chi connectivity index (χ2n) is 3.98. The molecule has 18 heavy (non-hydrogen) atoms. The highest BCUT2D eigenvalue weighted by Gasteiger charge is 2.28. The lowest BCUT2D eigenvalue weighted by Crippen LogP contribution is -2.54. The van der Waals surface area contributed by atoms with Crippen molar-refractivity contribution < 1.29 is 9.90 Å². The molecular weight excluding hydrogens is 279 g/mol. The average Bonchev–Trinajstić information content (AvgIpc) is 2.33. The molecule has 1 aromatic rings. The van der Waals surface area contributed by atoms with Gasteiger partial charge in [0.05, 0.1) is 0 Å². The van der Waals surface area contributed by atoms with E-state index < -0.39 is 12.0 Å². The first kappa shape index (κ1) is 13.5. The molecule has 0 bridgehead atoms. The number of carboxylic acids is 1. The Hall–Kier alpha value is -0.950. The van der Waals surface area contributed by atoms with E-state index in [4.69, 9.17) is 28.3 Å². The molecular formula is C10H12Cl2N4O2. The number of carboxylic acid groups (broad SMARTS) is 1. The predicted octanol–water partition coefficient (Wildman–Crippen LogP) is 0.642. The lowest BCUT2D eigenvalue weighted by molar-refractivity contribution is -0.144. The molecule has 2 rings (SSSR count). The molecule has 1 aliphatic rings. The lowest BCUT2D eigenvalue weighted by atomic mass is 10.1. The van der Waals surface area contributed by atoms with Crippen molar-refractivity contribution in [2.45, 2.75) is 12.6 Å². The van der Waals surface area contributed by atoms with Crippen molar-refractivity contribution in [3.8, 4) is 0 Å². The molecule has 1 aromatic heterocycles. The van der Waals surface area contributed by atoms with Crippen LogP contribution >= 0.6 is 23.2 Å². The fourth-order valence-electron chi connectivity index (χ4n) is 1.87. The summed E-state index contributed by atoms with van der Waals surface area (Å²) in [6.45, 7) is 2.20. The minimum absolute atomic E-state index is 0.0823.